The van der Waals surface area contributed by atoms with Gasteiger partial charge in [0, 0.05) is 24.7 Å². The van der Waals surface area contributed by atoms with Gasteiger partial charge in [0.1, 0.15) is 0 Å². The van der Waals surface area contributed by atoms with E-state index < -0.39 is 11.7 Å². The molecule has 0 radical (unpaired) electrons. The zero-order valence-electron chi connectivity index (χ0n) is 10.6. The van der Waals surface area contributed by atoms with Gasteiger partial charge in [0.15, 0.2) is 0 Å². The van der Waals surface area contributed by atoms with E-state index in [2.05, 4.69) is 0 Å². The predicted molar refractivity (Wildman–Crippen MR) is 71.7 cm³/mol. The average molecular weight is 292 g/mol. The van der Waals surface area contributed by atoms with Crippen molar-refractivity contribution in [1.29, 1.82) is 0 Å². The summed E-state index contributed by atoms with van der Waals surface area (Å²) in [5.74, 6) is -0.116. The average Bonchev–Trinajstić information content (AvgIpc) is 2.66. The molecule has 0 N–H and O–H groups in total. The van der Waals surface area contributed by atoms with Crippen molar-refractivity contribution in [2.75, 3.05) is 18.0 Å². The lowest BCUT2D eigenvalue weighted by molar-refractivity contribution is -0.138. The van der Waals surface area contributed by atoms with E-state index in [4.69, 9.17) is 11.6 Å². The monoisotopic (exact) mass is 291 g/mol. The number of rotatable bonds is 2. The van der Waals surface area contributed by atoms with Crippen LogP contribution in [0.4, 0.5) is 18.9 Å². The molecule has 1 nitrogen and oxygen atoms in total. The molecule has 0 spiro atoms. The lowest BCUT2D eigenvalue weighted by Gasteiger charge is -2.24. The number of nitrogens with zero attached hydrogens (tertiary/aromatic N) is 1. The summed E-state index contributed by atoms with van der Waals surface area (Å²) in [6.07, 6.45) is 0.0497. The summed E-state index contributed by atoms with van der Waals surface area (Å²) >= 11 is 5.59. The molecule has 0 aliphatic carbocycles. The van der Waals surface area contributed by atoms with Gasteiger partial charge in [-0.2, -0.15) is 13.2 Å². The molecule has 106 valence electrons. The van der Waals surface area contributed by atoms with E-state index in [1.165, 1.54) is 12.1 Å². The van der Waals surface area contributed by atoms with Gasteiger partial charge in [0.05, 0.1) is 5.56 Å². The van der Waals surface area contributed by atoms with Crippen molar-refractivity contribution in [2.24, 2.45) is 0 Å². The van der Waals surface area contributed by atoms with Crippen molar-refractivity contribution in [3.63, 3.8) is 0 Å². The van der Waals surface area contributed by atoms with Gasteiger partial charge >= 0.3 is 6.18 Å². The van der Waals surface area contributed by atoms with Crippen molar-refractivity contribution < 1.29 is 13.2 Å². The molecule has 1 fully saturated rings. The zero-order chi connectivity index (χ0) is 13.9. The number of hydrogen-bond acceptors (Lipinski definition) is 1. The predicted octanol–water partition coefficient (Wildman–Crippen LogP) is 4.82. The molecular formula is C14H17ClF3N. The van der Waals surface area contributed by atoms with Crippen LogP contribution in [0.3, 0.4) is 0 Å². The van der Waals surface area contributed by atoms with E-state index in [0.717, 1.165) is 38.8 Å². The molecule has 0 aromatic heterocycles. The summed E-state index contributed by atoms with van der Waals surface area (Å²) in [5, 5.41) is 0. The van der Waals surface area contributed by atoms with Crippen LogP contribution in [-0.2, 0) is 12.1 Å². The summed E-state index contributed by atoms with van der Waals surface area (Å²) in [4.78, 5) is 2.04. The van der Waals surface area contributed by atoms with Crippen molar-refractivity contribution >= 4 is 17.3 Å². The number of benzene rings is 1. The molecular weight excluding hydrogens is 275 g/mol. The van der Waals surface area contributed by atoms with Crippen molar-refractivity contribution in [2.45, 2.75) is 37.7 Å². The zero-order valence-corrected chi connectivity index (χ0v) is 11.4. The normalized spacial score (nSPS) is 17.4. The van der Waals surface area contributed by atoms with Crippen LogP contribution < -0.4 is 4.90 Å². The Morgan fingerprint density at radius 3 is 2.21 bits per heavy atom. The van der Waals surface area contributed by atoms with Crippen LogP contribution in [0.5, 0.6) is 0 Å². The first-order valence-corrected chi connectivity index (χ1v) is 7.07. The van der Waals surface area contributed by atoms with E-state index >= 15 is 0 Å². The van der Waals surface area contributed by atoms with E-state index in [9.17, 15) is 13.2 Å². The van der Waals surface area contributed by atoms with Crippen LogP contribution in [0.25, 0.3) is 0 Å². The molecule has 1 aromatic carbocycles. The Morgan fingerprint density at radius 1 is 1.05 bits per heavy atom. The maximum atomic E-state index is 13.0. The molecule has 0 amide bonds. The van der Waals surface area contributed by atoms with Gasteiger partial charge in [0.25, 0.3) is 0 Å². The van der Waals surface area contributed by atoms with Gasteiger partial charge < -0.3 is 4.90 Å². The Morgan fingerprint density at radius 2 is 1.68 bits per heavy atom. The number of anilines is 1. The molecule has 0 bridgehead atoms. The summed E-state index contributed by atoms with van der Waals surface area (Å²) in [7, 11) is 0. The van der Waals surface area contributed by atoms with Crippen LogP contribution in [0.1, 0.15) is 36.8 Å². The second kappa shape index (κ2) is 6.04. The topological polar surface area (TPSA) is 3.24 Å². The summed E-state index contributed by atoms with van der Waals surface area (Å²) < 4.78 is 39.0. The Labute approximate surface area is 116 Å². The maximum absolute atomic E-state index is 13.0. The first-order chi connectivity index (χ1) is 9.02. The molecule has 1 aliphatic rings. The van der Waals surface area contributed by atoms with Gasteiger partial charge in [-0.25, -0.2) is 0 Å². The molecule has 1 heterocycles. The fraction of sp³-hybridized carbons (Fsp3) is 0.571. The summed E-state index contributed by atoms with van der Waals surface area (Å²) in [6.45, 7) is 1.66. The standard InChI is InChI=1S/C14H17ClF3N/c15-10-11-5-6-12(9-13(11)14(16,17)18)19-7-3-1-2-4-8-19/h5-6,9H,1-4,7-8,10H2. The molecule has 1 saturated heterocycles. The fourth-order valence-electron chi connectivity index (χ4n) is 2.47. The molecule has 0 unspecified atom stereocenters. The third-order valence-corrected chi connectivity index (χ3v) is 3.80. The number of hydrogen-bond donors (Lipinski definition) is 0. The van der Waals surface area contributed by atoms with E-state index in [1.54, 1.807) is 6.07 Å². The highest BCUT2D eigenvalue weighted by Gasteiger charge is 2.33. The quantitative estimate of drug-likeness (QED) is 0.706. The first-order valence-electron chi connectivity index (χ1n) is 6.53. The Hall–Kier alpha value is -0.900. The lowest BCUT2D eigenvalue weighted by atomic mass is 10.1. The van der Waals surface area contributed by atoms with Gasteiger partial charge in [0.2, 0.25) is 0 Å². The Bertz CT molecular complexity index is 423. The van der Waals surface area contributed by atoms with Gasteiger partial charge in [-0.05, 0) is 30.5 Å². The van der Waals surface area contributed by atoms with Gasteiger partial charge in [-0.3, -0.25) is 0 Å². The highest BCUT2D eigenvalue weighted by atomic mass is 35.5. The molecule has 0 saturated carbocycles. The number of alkyl halides is 4. The minimum Gasteiger partial charge on any atom is -0.372 e. The van der Waals surface area contributed by atoms with Crippen LogP contribution >= 0.6 is 11.6 Å². The van der Waals surface area contributed by atoms with Gasteiger partial charge in [-0.1, -0.05) is 18.9 Å². The molecule has 5 heteroatoms. The molecule has 0 atom stereocenters. The summed E-state index contributed by atoms with van der Waals surface area (Å²) in [6, 6.07) is 4.48. The fourth-order valence-corrected chi connectivity index (χ4v) is 2.70. The van der Waals surface area contributed by atoms with Crippen LogP contribution in [-0.4, -0.2) is 13.1 Å². The highest BCUT2D eigenvalue weighted by molar-refractivity contribution is 6.17. The molecule has 19 heavy (non-hydrogen) atoms. The van der Waals surface area contributed by atoms with Crippen LogP contribution in [0.15, 0.2) is 18.2 Å². The molecule has 1 aliphatic heterocycles. The van der Waals surface area contributed by atoms with E-state index in [0.29, 0.717) is 5.69 Å². The second-order valence-electron chi connectivity index (χ2n) is 4.87. The highest BCUT2D eigenvalue weighted by Crippen LogP contribution is 2.35. The third-order valence-electron chi connectivity index (χ3n) is 3.51. The van der Waals surface area contributed by atoms with Crippen LogP contribution in [0, 0.1) is 0 Å². The minimum atomic E-state index is -4.34. The SMILES string of the molecule is FC(F)(F)c1cc(N2CCCCCC2)ccc1CCl. The van der Waals surface area contributed by atoms with Crippen LogP contribution in [0.2, 0.25) is 0 Å². The maximum Gasteiger partial charge on any atom is 0.416 e. The second-order valence-corrected chi connectivity index (χ2v) is 5.14. The van der Waals surface area contributed by atoms with E-state index in [-0.39, 0.29) is 11.4 Å². The smallest absolute Gasteiger partial charge is 0.372 e. The Balaban J connectivity index is 2.31. The Kier molecular flexibility index (Phi) is 4.61. The molecule has 1 aromatic rings. The van der Waals surface area contributed by atoms with E-state index in [1.807, 2.05) is 4.90 Å². The minimum absolute atomic E-state index is 0.116. The third kappa shape index (κ3) is 3.56. The van der Waals surface area contributed by atoms with Gasteiger partial charge in [-0.15, -0.1) is 11.6 Å². The summed E-state index contributed by atoms with van der Waals surface area (Å²) in [5.41, 5.74) is 0.195. The largest absolute Gasteiger partial charge is 0.416 e. The molecule has 2 rings (SSSR count). The van der Waals surface area contributed by atoms with Crippen molar-refractivity contribution in [3.8, 4) is 0 Å². The first kappa shape index (κ1) is 14.5. The van der Waals surface area contributed by atoms with Crippen molar-refractivity contribution in [1.82, 2.24) is 0 Å². The lowest BCUT2D eigenvalue weighted by Crippen LogP contribution is -2.24. The number of halogens is 4. The van der Waals surface area contributed by atoms with Crippen molar-refractivity contribution in [3.05, 3.63) is 29.3 Å².